The van der Waals surface area contributed by atoms with Crippen molar-refractivity contribution in [3.05, 3.63) is 42.1 Å². The van der Waals surface area contributed by atoms with E-state index in [4.69, 9.17) is 18.4 Å². The normalized spacial score (nSPS) is 14.1. The van der Waals surface area contributed by atoms with Crippen molar-refractivity contribution in [1.29, 1.82) is 0 Å². The van der Waals surface area contributed by atoms with E-state index in [2.05, 4.69) is 35.0 Å². The van der Waals surface area contributed by atoms with Crippen LogP contribution in [0.25, 0.3) is 22.0 Å². The minimum absolute atomic E-state index is 0.297. The standard InChI is InChI=1S/C20H18NO4S/c1-22-17-4-3-12-7-16-14-9-19-18(23-11-24-19)8-13(14)5-6-21(16)10-15(12)20(17)25-26-2/h3-4,7-10H,5-6,11H2,1-2H3/q+1. The van der Waals surface area contributed by atoms with E-state index in [-0.39, 0.29) is 0 Å². The second-order valence-electron chi connectivity index (χ2n) is 6.31. The molecule has 0 N–H and O–H groups in total. The third-order valence-electron chi connectivity index (χ3n) is 4.96. The number of rotatable bonds is 3. The quantitative estimate of drug-likeness (QED) is 0.520. The molecule has 0 radical (unpaired) electrons. The van der Waals surface area contributed by atoms with Crippen LogP contribution in [0, 0.1) is 0 Å². The van der Waals surface area contributed by atoms with E-state index in [1.807, 2.05) is 12.3 Å². The van der Waals surface area contributed by atoms with Gasteiger partial charge in [-0.2, -0.15) is 4.57 Å². The van der Waals surface area contributed by atoms with Crippen LogP contribution in [0.5, 0.6) is 23.0 Å². The number of benzene rings is 2. The number of pyridine rings is 1. The molecule has 3 heterocycles. The van der Waals surface area contributed by atoms with Crippen molar-refractivity contribution in [2.45, 2.75) is 13.0 Å². The minimum atomic E-state index is 0.297. The first-order valence-corrected chi connectivity index (χ1v) is 9.61. The van der Waals surface area contributed by atoms with Crippen LogP contribution in [-0.4, -0.2) is 20.2 Å². The van der Waals surface area contributed by atoms with Crippen molar-refractivity contribution in [3.63, 3.8) is 0 Å². The molecule has 0 atom stereocenters. The summed E-state index contributed by atoms with van der Waals surface area (Å²) in [6, 6.07) is 10.4. The first-order valence-electron chi connectivity index (χ1n) is 8.46. The molecule has 3 aromatic rings. The number of hydrogen-bond donors (Lipinski definition) is 0. The monoisotopic (exact) mass is 368 g/mol. The second kappa shape index (κ2) is 5.99. The summed E-state index contributed by atoms with van der Waals surface area (Å²) in [6.07, 6.45) is 5.02. The van der Waals surface area contributed by atoms with E-state index in [0.717, 1.165) is 46.7 Å². The third kappa shape index (κ3) is 2.29. The van der Waals surface area contributed by atoms with E-state index in [1.165, 1.54) is 28.9 Å². The van der Waals surface area contributed by atoms with Crippen LogP contribution < -0.4 is 23.0 Å². The Bertz CT molecular complexity index is 1030. The van der Waals surface area contributed by atoms with Gasteiger partial charge < -0.3 is 18.4 Å². The molecule has 132 valence electrons. The van der Waals surface area contributed by atoms with Crippen LogP contribution >= 0.6 is 12.0 Å². The summed E-state index contributed by atoms with van der Waals surface area (Å²) in [6.45, 7) is 1.21. The van der Waals surface area contributed by atoms with Gasteiger partial charge in [0.25, 0.3) is 0 Å². The van der Waals surface area contributed by atoms with Gasteiger partial charge in [-0.25, -0.2) is 0 Å². The maximum Gasteiger partial charge on any atom is 0.231 e. The number of aryl methyl sites for hydroxylation is 2. The molecule has 0 aliphatic carbocycles. The largest absolute Gasteiger partial charge is 0.493 e. The molecule has 0 unspecified atom stereocenters. The van der Waals surface area contributed by atoms with Crippen LogP contribution in [0.3, 0.4) is 0 Å². The predicted octanol–water partition coefficient (Wildman–Crippen LogP) is 3.74. The fourth-order valence-corrected chi connectivity index (χ4v) is 4.07. The van der Waals surface area contributed by atoms with Gasteiger partial charge in [0.2, 0.25) is 12.5 Å². The molecule has 2 aliphatic heterocycles. The topological polar surface area (TPSA) is 40.8 Å². The Balaban J connectivity index is 1.73. The average Bonchev–Trinajstić information content (AvgIpc) is 3.13. The number of fused-ring (bicyclic) bond motifs is 5. The van der Waals surface area contributed by atoms with E-state index in [0.29, 0.717) is 6.79 Å². The highest BCUT2D eigenvalue weighted by molar-refractivity contribution is 7.94. The molecular weight excluding hydrogens is 350 g/mol. The fourth-order valence-electron chi connectivity index (χ4n) is 3.73. The van der Waals surface area contributed by atoms with Crippen LogP contribution in [0.15, 0.2) is 36.5 Å². The zero-order chi connectivity index (χ0) is 17.7. The molecule has 0 saturated carbocycles. The lowest BCUT2D eigenvalue weighted by molar-refractivity contribution is -0.686. The molecule has 0 amide bonds. The first kappa shape index (κ1) is 15.6. The van der Waals surface area contributed by atoms with Gasteiger partial charge in [-0.05, 0) is 35.2 Å². The lowest BCUT2D eigenvalue weighted by Crippen LogP contribution is -2.40. The van der Waals surface area contributed by atoms with E-state index >= 15 is 0 Å². The molecule has 0 fully saturated rings. The summed E-state index contributed by atoms with van der Waals surface area (Å²) < 4.78 is 24.7. The van der Waals surface area contributed by atoms with Crippen molar-refractivity contribution in [1.82, 2.24) is 0 Å². The smallest absolute Gasteiger partial charge is 0.231 e. The van der Waals surface area contributed by atoms with Crippen LogP contribution in [0.2, 0.25) is 0 Å². The molecule has 2 aliphatic rings. The van der Waals surface area contributed by atoms with Gasteiger partial charge >= 0.3 is 0 Å². The molecule has 2 aromatic carbocycles. The van der Waals surface area contributed by atoms with E-state index in [1.54, 1.807) is 7.11 Å². The molecule has 0 saturated heterocycles. The third-order valence-corrected chi connectivity index (χ3v) is 5.30. The predicted molar refractivity (Wildman–Crippen MR) is 100 cm³/mol. The Kier molecular flexibility index (Phi) is 3.60. The van der Waals surface area contributed by atoms with Crippen LogP contribution in [0.4, 0.5) is 0 Å². The summed E-state index contributed by atoms with van der Waals surface area (Å²) in [5.41, 5.74) is 3.67. The Hall–Kier alpha value is -2.60. The molecular formula is C20H18NO4S+. The lowest BCUT2D eigenvalue weighted by Gasteiger charge is -2.17. The highest BCUT2D eigenvalue weighted by Gasteiger charge is 2.28. The van der Waals surface area contributed by atoms with Crippen LogP contribution in [-0.2, 0) is 13.0 Å². The number of hydrogen-bond acceptors (Lipinski definition) is 5. The Morgan fingerprint density at radius 3 is 2.77 bits per heavy atom. The maximum absolute atomic E-state index is 5.80. The van der Waals surface area contributed by atoms with Gasteiger partial charge in [-0.3, -0.25) is 0 Å². The van der Waals surface area contributed by atoms with E-state index in [9.17, 15) is 0 Å². The molecule has 0 spiro atoms. The molecule has 5 rings (SSSR count). The summed E-state index contributed by atoms with van der Waals surface area (Å²) in [7, 11) is 1.67. The summed E-state index contributed by atoms with van der Waals surface area (Å²) in [4.78, 5) is 0. The minimum Gasteiger partial charge on any atom is -0.493 e. The van der Waals surface area contributed by atoms with Gasteiger partial charge in [-0.1, -0.05) is 0 Å². The number of nitrogens with zero attached hydrogens (tertiary/aromatic N) is 1. The van der Waals surface area contributed by atoms with Crippen molar-refractivity contribution in [2.75, 3.05) is 20.2 Å². The average molecular weight is 368 g/mol. The second-order valence-corrected chi connectivity index (χ2v) is 6.81. The van der Waals surface area contributed by atoms with Gasteiger partial charge in [0.15, 0.2) is 35.7 Å². The maximum atomic E-state index is 5.80. The van der Waals surface area contributed by atoms with Crippen molar-refractivity contribution >= 4 is 22.8 Å². The van der Waals surface area contributed by atoms with Crippen molar-refractivity contribution in [3.8, 4) is 34.3 Å². The van der Waals surface area contributed by atoms with Gasteiger partial charge in [0, 0.05) is 18.7 Å². The Morgan fingerprint density at radius 2 is 1.96 bits per heavy atom. The summed E-state index contributed by atoms with van der Waals surface area (Å²) in [5.74, 6) is 3.17. The molecule has 1 aromatic heterocycles. The SMILES string of the molecule is COc1ccc2cc3[n+](cc2c1OSC)CCc1cc2c(cc1-3)OCO2. The zero-order valence-electron chi connectivity index (χ0n) is 14.6. The molecule has 5 nitrogen and oxygen atoms in total. The summed E-state index contributed by atoms with van der Waals surface area (Å²) >= 11 is 1.32. The van der Waals surface area contributed by atoms with E-state index < -0.39 is 0 Å². The fraction of sp³-hybridized carbons (Fsp3) is 0.250. The molecule has 26 heavy (non-hydrogen) atoms. The zero-order valence-corrected chi connectivity index (χ0v) is 15.4. The lowest BCUT2D eigenvalue weighted by atomic mass is 9.95. The molecule has 0 bridgehead atoms. The Morgan fingerprint density at radius 1 is 1.12 bits per heavy atom. The number of aromatic nitrogens is 1. The molecule has 6 heteroatoms. The Labute approximate surface area is 155 Å². The van der Waals surface area contributed by atoms with Gasteiger partial charge in [0.05, 0.1) is 30.1 Å². The van der Waals surface area contributed by atoms with Crippen molar-refractivity contribution < 1.29 is 23.0 Å². The van der Waals surface area contributed by atoms with Crippen molar-refractivity contribution in [2.24, 2.45) is 0 Å². The van der Waals surface area contributed by atoms with Gasteiger partial charge in [0.1, 0.15) is 0 Å². The highest BCUT2D eigenvalue weighted by Crippen LogP contribution is 2.42. The number of ether oxygens (including phenoxy) is 3. The van der Waals surface area contributed by atoms with Crippen LogP contribution in [0.1, 0.15) is 5.56 Å². The summed E-state index contributed by atoms with van der Waals surface area (Å²) in [5, 5.41) is 2.17. The van der Waals surface area contributed by atoms with Gasteiger partial charge in [-0.15, -0.1) is 0 Å². The highest BCUT2D eigenvalue weighted by atomic mass is 32.2. The number of methoxy groups -OCH3 is 1. The first-order chi connectivity index (χ1) is 12.8.